The number of amides is 2. The van der Waals surface area contributed by atoms with Crippen LogP contribution in [0.1, 0.15) is 46.1 Å². The van der Waals surface area contributed by atoms with Crippen molar-refractivity contribution >= 4 is 29.1 Å². The van der Waals surface area contributed by atoms with Crippen molar-refractivity contribution in [1.82, 2.24) is 4.90 Å². The molecule has 0 aromatic heterocycles. The summed E-state index contributed by atoms with van der Waals surface area (Å²) in [6.07, 6.45) is 1.88. The summed E-state index contributed by atoms with van der Waals surface area (Å²) >= 11 is 1.44. The zero-order chi connectivity index (χ0) is 17.7. The highest BCUT2D eigenvalue weighted by Crippen LogP contribution is 2.36. The zero-order valence-electron chi connectivity index (χ0n) is 14.8. The number of rotatable bonds is 8. The lowest BCUT2D eigenvalue weighted by Gasteiger charge is -2.14. The number of hydrogen-bond donors (Lipinski definition) is 0. The minimum atomic E-state index is -0.179. The Morgan fingerprint density at radius 2 is 1.75 bits per heavy atom. The molecule has 1 aliphatic heterocycles. The van der Waals surface area contributed by atoms with Gasteiger partial charge in [0.05, 0.1) is 16.6 Å². The van der Waals surface area contributed by atoms with Gasteiger partial charge in [0.15, 0.2) is 0 Å². The number of unbranched alkanes of at least 4 members (excludes halogenated alkanes) is 1. The van der Waals surface area contributed by atoms with E-state index in [4.69, 9.17) is 4.74 Å². The van der Waals surface area contributed by atoms with E-state index in [-0.39, 0.29) is 17.9 Å². The van der Waals surface area contributed by atoms with Crippen LogP contribution in [0.15, 0.2) is 29.2 Å². The van der Waals surface area contributed by atoms with Gasteiger partial charge in [-0.15, -0.1) is 11.8 Å². The molecule has 0 N–H and O–H groups in total. The summed E-state index contributed by atoms with van der Waals surface area (Å²) in [6, 6.07) is 7.42. The normalized spacial score (nSPS) is 15.0. The predicted octanol–water partition coefficient (Wildman–Crippen LogP) is 4.11. The smallest absolute Gasteiger partial charge is 0.267 e. The fourth-order valence-corrected chi connectivity index (χ4v) is 3.45. The Labute approximate surface area is 148 Å². The third-order valence-corrected chi connectivity index (χ3v) is 4.62. The quantitative estimate of drug-likeness (QED) is 0.664. The average molecular weight is 347 g/mol. The van der Waals surface area contributed by atoms with E-state index in [0.717, 1.165) is 29.9 Å². The van der Waals surface area contributed by atoms with Gasteiger partial charge >= 0.3 is 0 Å². The molecule has 2 amide bonds. The van der Waals surface area contributed by atoms with Gasteiger partial charge in [-0.25, -0.2) is 0 Å². The first-order chi connectivity index (χ1) is 11.5. The Kier molecular flexibility index (Phi) is 6.49. The molecular weight excluding hydrogens is 322 g/mol. The molecule has 0 unspecified atom stereocenters. The van der Waals surface area contributed by atoms with Crippen molar-refractivity contribution in [2.24, 2.45) is 0 Å². The lowest BCUT2D eigenvalue weighted by Crippen LogP contribution is -2.32. The summed E-state index contributed by atoms with van der Waals surface area (Å²) in [7, 11) is 0. The van der Waals surface area contributed by atoms with E-state index in [1.807, 2.05) is 45.0 Å². The number of thioether (sulfide) groups is 1. The SMILES string of the molecule is CCCCN1C(=O)C(SCC)=C(c2ccc(OC(C)C)cc2)C1=O. The fraction of sp³-hybridized carbons (Fsp3) is 0.474. The van der Waals surface area contributed by atoms with E-state index in [1.165, 1.54) is 16.7 Å². The number of imide groups is 1. The molecule has 1 aliphatic rings. The second-order valence-corrected chi connectivity index (χ2v) is 7.22. The molecule has 0 saturated carbocycles. The van der Waals surface area contributed by atoms with Gasteiger partial charge < -0.3 is 4.74 Å². The largest absolute Gasteiger partial charge is 0.491 e. The monoisotopic (exact) mass is 347 g/mol. The third-order valence-electron chi connectivity index (χ3n) is 3.66. The second kappa shape index (κ2) is 8.38. The maximum absolute atomic E-state index is 12.8. The van der Waals surface area contributed by atoms with E-state index in [0.29, 0.717) is 17.0 Å². The first-order valence-electron chi connectivity index (χ1n) is 8.49. The van der Waals surface area contributed by atoms with Crippen molar-refractivity contribution in [3.63, 3.8) is 0 Å². The Morgan fingerprint density at radius 1 is 1.08 bits per heavy atom. The third kappa shape index (κ3) is 4.01. The summed E-state index contributed by atoms with van der Waals surface area (Å²) < 4.78 is 5.64. The molecule has 0 fully saturated rings. The highest BCUT2D eigenvalue weighted by atomic mass is 32.2. The number of carbonyl (C=O) groups is 2. The van der Waals surface area contributed by atoms with Gasteiger partial charge in [0, 0.05) is 6.54 Å². The van der Waals surface area contributed by atoms with Crippen molar-refractivity contribution in [2.45, 2.75) is 46.6 Å². The Bertz CT molecular complexity index is 635. The molecule has 0 spiro atoms. The van der Waals surface area contributed by atoms with Crippen LogP contribution in [0.5, 0.6) is 5.75 Å². The molecule has 1 heterocycles. The molecule has 1 aromatic carbocycles. The van der Waals surface area contributed by atoms with Gasteiger partial charge in [-0.1, -0.05) is 32.4 Å². The first kappa shape index (κ1) is 18.6. The van der Waals surface area contributed by atoms with Gasteiger partial charge in [0.25, 0.3) is 11.8 Å². The van der Waals surface area contributed by atoms with Crippen molar-refractivity contribution in [2.75, 3.05) is 12.3 Å². The van der Waals surface area contributed by atoms with Crippen LogP contribution in [-0.2, 0) is 9.59 Å². The van der Waals surface area contributed by atoms with E-state index < -0.39 is 0 Å². The molecule has 0 bridgehead atoms. The Hall–Kier alpha value is -1.75. The minimum absolute atomic E-state index is 0.0977. The maximum Gasteiger partial charge on any atom is 0.267 e. The van der Waals surface area contributed by atoms with Crippen LogP contribution in [-0.4, -0.2) is 35.1 Å². The van der Waals surface area contributed by atoms with Gasteiger partial charge in [0.2, 0.25) is 0 Å². The molecule has 130 valence electrons. The maximum atomic E-state index is 12.8. The number of hydrogen-bond acceptors (Lipinski definition) is 4. The van der Waals surface area contributed by atoms with Crippen LogP contribution >= 0.6 is 11.8 Å². The van der Waals surface area contributed by atoms with Crippen LogP contribution in [0, 0.1) is 0 Å². The summed E-state index contributed by atoms with van der Waals surface area (Å²) in [5.74, 6) is 1.19. The second-order valence-electron chi connectivity index (χ2n) is 5.94. The molecular formula is C19H25NO3S. The fourth-order valence-electron chi connectivity index (χ4n) is 2.58. The average Bonchev–Trinajstić information content (AvgIpc) is 2.77. The molecule has 0 atom stereocenters. The Morgan fingerprint density at radius 3 is 2.29 bits per heavy atom. The van der Waals surface area contributed by atoms with Crippen molar-refractivity contribution in [1.29, 1.82) is 0 Å². The number of carbonyl (C=O) groups excluding carboxylic acids is 2. The zero-order valence-corrected chi connectivity index (χ0v) is 15.6. The molecule has 2 rings (SSSR count). The first-order valence-corrected chi connectivity index (χ1v) is 9.48. The van der Waals surface area contributed by atoms with E-state index in [1.54, 1.807) is 0 Å². The van der Waals surface area contributed by atoms with Crippen LogP contribution in [0.3, 0.4) is 0 Å². The summed E-state index contributed by atoms with van der Waals surface area (Å²) in [6.45, 7) is 8.46. The molecule has 0 radical (unpaired) electrons. The molecule has 0 aliphatic carbocycles. The van der Waals surface area contributed by atoms with Crippen LogP contribution < -0.4 is 4.74 Å². The number of ether oxygens (including phenoxy) is 1. The van der Waals surface area contributed by atoms with Crippen molar-refractivity contribution < 1.29 is 14.3 Å². The Balaban J connectivity index is 2.33. The van der Waals surface area contributed by atoms with Crippen molar-refractivity contribution in [3.05, 3.63) is 34.7 Å². The van der Waals surface area contributed by atoms with Gasteiger partial charge in [0.1, 0.15) is 5.75 Å². The van der Waals surface area contributed by atoms with E-state index >= 15 is 0 Å². The van der Waals surface area contributed by atoms with E-state index in [2.05, 4.69) is 6.92 Å². The van der Waals surface area contributed by atoms with Gasteiger partial charge in [-0.2, -0.15) is 0 Å². The molecule has 5 heteroatoms. The van der Waals surface area contributed by atoms with Crippen molar-refractivity contribution in [3.8, 4) is 5.75 Å². The standard InChI is InChI=1S/C19H25NO3S/c1-5-7-12-20-18(21)16(17(19(20)22)24-6-2)14-8-10-15(11-9-14)23-13(3)4/h8-11,13H,5-7,12H2,1-4H3. The molecule has 24 heavy (non-hydrogen) atoms. The highest BCUT2D eigenvalue weighted by molar-refractivity contribution is 8.04. The lowest BCUT2D eigenvalue weighted by atomic mass is 10.1. The number of nitrogens with zero attached hydrogens (tertiary/aromatic N) is 1. The topological polar surface area (TPSA) is 46.6 Å². The lowest BCUT2D eigenvalue weighted by molar-refractivity contribution is -0.136. The van der Waals surface area contributed by atoms with E-state index in [9.17, 15) is 9.59 Å². The van der Waals surface area contributed by atoms with Crippen LogP contribution in [0.4, 0.5) is 0 Å². The van der Waals surface area contributed by atoms with Gasteiger partial charge in [-0.05, 0) is 43.7 Å². The molecule has 1 aromatic rings. The van der Waals surface area contributed by atoms with Gasteiger partial charge in [-0.3, -0.25) is 14.5 Å². The summed E-state index contributed by atoms with van der Waals surface area (Å²) in [5, 5.41) is 0. The minimum Gasteiger partial charge on any atom is -0.491 e. The highest BCUT2D eigenvalue weighted by Gasteiger charge is 2.38. The summed E-state index contributed by atoms with van der Waals surface area (Å²) in [4.78, 5) is 27.3. The predicted molar refractivity (Wildman–Crippen MR) is 98.9 cm³/mol. The molecule has 4 nitrogen and oxygen atoms in total. The van der Waals surface area contributed by atoms with Crippen LogP contribution in [0.25, 0.3) is 5.57 Å². The summed E-state index contributed by atoms with van der Waals surface area (Å²) in [5.41, 5.74) is 1.30. The number of benzene rings is 1. The van der Waals surface area contributed by atoms with Crippen LogP contribution in [0.2, 0.25) is 0 Å². The molecule has 0 saturated heterocycles.